The topological polar surface area (TPSA) is 26.3 Å². The average Bonchev–Trinajstić information content (AvgIpc) is 2.40. The molecule has 106 valence electrons. The molecule has 0 bridgehead atoms. The Bertz CT molecular complexity index is 346. The van der Waals surface area contributed by atoms with E-state index in [0.717, 1.165) is 31.2 Å². The molecule has 0 spiro atoms. The maximum Gasteiger partial charge on any atom is 0.310 e. The van der Waals surface area contributed by atoms with Crippen molar-refractivity contribution in [3.8, 4) is 0 Å². The quantitative estimate of drug-likeness (QED) is 0.483. The van der Waals surface area contributed by atoms with Gasteiger partial charge in [0.25, 0.3) is 0 Å². The van der Waals surface area contributed by atoms with Gasteiger partial charge in [0.2, 0.25) is 0 Å². The van der Waals surface area contributed by atoms with Crippen LogP contribution in [0.4, 0.5) is 0 Å². The van der Waals surface area contributed by atoms with Crippen LogP contribution in [0.3, 0.4) is 0 Å². The zero-order valence-corrected chi connectivity index (χ0v) is 12.2. The molecule has 0 N–H and O–H groups in total. The molecule has 1 aromatic carbocycles. The van der Waals surface area contributed by atoms with Crippen molar-refractivity contribution in [2.75, 3.05) is 0 Å². The van der Waals surface area contributed by atoms with E-state index in [1.165, 1.54) is 12.8 Å². The summed E-state index contributed by atoms with van der Waals surface area (Å²) in [5, 5.41) is 0. The molecule has 2 nitrogen and oxygen atoms in total. The molecule has 0 aliphatic rings. The fourth-order valence-electron chi connectivity index (χ4n) is 2.20. The average molecular weight is 262 g/mol. The minimum atomic E-state index is -0.0962. The molecule has 0 saturated heterocycles. The van der Waals surface area contributed by atoms with Gasteiger partial charge in [0.1, 0.15) is 6.10 Å². The smallest absolute Gasteiger partial charge is 0.310 e. The van der Waals surface area contributed by atoms with Gasteiger partial charge in [-0.3, -0.25) is 4.79 Å². The molecule has 0 aromatic heterocycles. The van der Waals surface area contributed by atoms with Crippen molar-refractivity contribution >= 4 is 5.97 Å². The van der Waals surface area contributed by atoms with E-state index >= 15 is 0 Å². The van der Waals surface area contributed by atoms with Crippen LogP contribution in [-0.4, -0.2) is 12.1 Å². The van der Waals surface area contributed by atoms with Crippen LogP contribution in [0, 0.1) is 0 Å². The lowest BCUT2D eigenvalue weighted by molar-refractivity contribution is -0.149. The molecule has 0 fully saturated rings. The summed E-state index contributed by atoms with van der Waals surface area (Å²) in [5.41, 5.74) is 1.02. The zero-order valence-electron chi connectivity index (χ0n) is 12.2. The molecule has 1 rings (SSSR count). The monoisotopic (exact) mass is 262 g/mol. The van der Waals surface area contributed by atoms with Crippen LogP contribution in [0.15, 0.2) is 30.3 Å². The summed E-state index contributed by atoms with van der Waals surface area (Å²) in [6.45, 7) is 4.33. The van der Waals surface area contributed by atoms with Gasteiger partial charge in [-0.2, -0.15) is 0 Å². The van der Waals surface area contributed by atoms with E-state index in [4.69, 9.17) is 4.74 Å². The number of ether oxygens (including phenoxy) is 1. The Hall–Kier alpha value is -1.31. The van der Waals surface area contributed by atoms with Crippen molar-refractivity contribution in [3.05, 3.63) is 35.9 Å². The number of hydrogen-bond acceptors (Lipinski definition) is 2. The molecule has 0 aliphatic carbocycles. The minimum absolute atomic E-state index is 0.0962. The first kappa shape index (κ1) is 15.7. The number of unbranched alkanes of at least 4 members (excludes halogenated alkanes) is 2. The summed E-state index contributed by atoms with van der Waals surface area (Å²) >= 11 is 0. The molecule has 0 heterocycles. The van der Waals surface area contributed by atoms with E-state index in [0.29, 0.717) is 6.42 Å². The first-order chi connectivity index (χ1) is 9.26. The lowest BCUT2D eigenvalue weighted by atomic mass is 10.1. The van der Waals surface area contributed by atoms with E-state index in [2.05, 4.69) is 13.8 Å². The van der Waals surface area contributed by atoms with Gasteiger partial charge in [-0.05, 0) is 24.8 Å². The third kappa shape index (κ3) is 7.00. The van der Waals surface area contributed by atoms with Crippen LogP contribution in [0.5, 0.6) is 0 Å². The van der Waals surface area contributed by atoms with Gasteiger partial charge < -0.3 is 4.74 Å². The first-order valence-corrected chi connectivity index (χ1v) is 7.49. The maximum absolute atomic E-state index is 11.9. The fraction of sp³-hybridized carbons (Fsp3) is 0.588. The highest BCUT2D eigenvalue weighted by molar-refractivity contribution is 5.72. The van der Waals surface area contributed by atoms with Gasteiger partial charge >= 0.3 is 5.97 Å². The van der Waals surface area contributed by atoms with Gasteiger partial charge in [0.05, 0.1) is 6.42 Å². The summed E-state index contributed by atoms with van der Waals surface area (Å²) in [7, 11) is 0. The normalized spacial score (nSPS) is 12.1. The van der Waals surface area contributed by atoms with E-state index < -0.39 is 0 Å². The van der Waals surface area contributed by atoms with E-state index in [1.807, 2.05) is 30.3 Å². The molecule has 1 aromatic rings. The highest BCUT2D eigenvalue weighted by Crippen LogP contribution is 2.13. The van der Waals surface area contributed by atoms with Crippen LogP contribution in [0.25, 0.3) is 0 Å². The number of rotatable bonds is 9. The zero-order chi connectivity index (χ0) is 13.9. The lowest BCUT2D eigenvalue weighted by Crippen LogP contribution is -2.19. The Balaban J connectivity index is 2.37. The van der Waals surface area contributed by atoms with Crippen molar-refractivity contribution in [1.29, 1.82) is 0 Å². The Labute approximate surface area is 117 Å². The van der Waals surface area contributed by atoms with Gasteiger partial charge in [0, 0.05) is 0 Å². The highest BCUT2D eigenvalue weighted by Gasteiger charge is 2.13. The van der Waals surface area contributed by atoms with Crippen molar-refractivity contribution in [2.24, 2.45) is 0 Å². The Morgan fingerprint density at radius 1 is 1.05 bits per heavy atom. The molecule has 1 atom stereocenters. The lowest BCUT2D eigenvalue weighted by Gasteiger charge is -2.17. The molecule has 1 unspecified atom stereocenters. The SMILES string of the molecule is CCCCCC(CCC)OC(=O)Cc1ccccc1. The standard InChI is InChI=1S/C17H26O2/c1-3-5-7-13-16(10-4-2)19-17(18)14-15-11-8-6-9-12-15/h6,8-9,11-12,16H,3-5,7,10,13-14H2,1-2H3. The first-order valence-electron chi connectivity index (χ1n) is 7.49. The van der Waals surface area contributed by atoms with Crippen molar-refractivity contribution in [3.63, 3.8) is 0 Å². The largest absolute Gasteiger partial charge is 0.462 e. The van der Waals surface area contributed by atoms with Crippen molar-refractivity contribution in [1.82, 2.24) is 0 Å². The molecule has 19 heavy (non-hydrogen) atoms. The Morgan fingerprint density at radius 3 is 2.42 bits per heavy atom. The molecule has 2 heteroatoms. The number of hydrogen-bond donors (Lipinski definition) is 0. The molecular formula is C17H26O2. The van der Waals surface area contributed by atoms with Crippen LogP contribution in [0.1, 0.15) is 57.9 Å². The van der Waals surface area contributed by atoms with Gasteiger partial charge in [-0.1, -0.05) is 63.4 Å². The Morgan fingerprint density at radius 2 is 1.79 bits per heavy atom. The van der Waals surface area contributed by atoms with Crippen LogP contribution >= 0.6 is 0 Å². The van der Waals surface area contributed by atoms with Crippen LogP contribution in [0.2, 0.25) is 0 Å². The summed E-state index contributed by atoms with van der Waals surface area (Å²) in [6.07, 6.45) is 7.11. The van der Waals surface area contributed by atoms with Crippen molar-refractivity contribution < 1.29 is 9.53 Å². The van der Waals surface area contributed by atoms with E-state index in [-0.39, 0.29) is 12.1 Å². The number of benzene rings is 1. The summed E-state index contributed by atoms with van der Waals surface area (Å²) < 4.78 is 5.60. The van der Waals surface area contributed by atoms with Gasteiger partial charge in [-0.25, -0.2) is 0 Å². The van der Waals surface area contributed by atoms with Crippen molar-refractivity contribution in [2.45, 2.75) is 64.9 Å². The van der Waals surface area contributed by atoms with Crippen LogP contribution < -0.4 is 0 Å². The summed E-state index contributed by atoms with van der Waals surface area (Å²) in [4.78, 5) is 11.9. The second-order valence-corrected chi connectivity index (χ2v) is 5.06. The third-order valence-electron chi connectivity index (χ3n) is 3.23. The second kappa shape index (κ2) is 9.60. The molecule has 0 amide bonds. The summed E-state index contributed by atoms with van der Waals surface area (Å²) in [5.74, 6) is -0.0962. The van der Waals surface area contributed by atoms with E-state index in [1.54, 1.807) is 0 Å². The summed E-state index contributed by atoms with van der Waals surface area (Å²) in [6, 6.07) is 9.79. The number of carbonyl (C=O) groups excluding carboxylic acids is 1. The fourth-order valence-corrected chi connectivity index (χ4v) is 2.20. The number of esters is 1. The molecule has 0 aliphatic heterocycles. The van der Waals surface area contributed by atoms with Gasteiger partial charge in [0.15, 0.2) is 0 Å². The predicted molar refractivity (Wildman–Crippen MR) is 79.1 cm³/mol. The second-order valence-electron chi connectivity index (χ2n) is 5.06. The predicted octanol–water partition coefficient (Wildman–Crippen LogP) is 4.52. The minimum Gasteiger partial charge on any atom is -0.462 e. The maximum atomic E-state index is 11.9. The highest BCUT2D eigenvalue weighted by atomic mass is 16.5. The molecular weight excluding hydrogens is 236 g/mol. The molecule has 0 saturated carbocycles. The van der Waals surface area contributed by atoms with Crippen LogP contribution in [-0.2, 0) is 16.0 Å². The molecule has 0 radical (unpaired) electrons. The number of carbonyl (C=O) groups is 1. The third-order valence-corrected chi connectivity index (χ3v) is 3.23. The van der Waals surface area contributed by atoms with Gasteiger partial charge in [-0.15, -0.1) is 0 Å². The van der Waals surface area contributed by atoms with E-state index in [9.17, 15) is 4.79 Å². The Kier molecular flexibility index (Phi) is 7.95.